The molecule has 2 heterocycles. The van der Waals surface area contributed by atoms with Crippen LogP contribution >= 0.6 is 0 Å². The van der Waals surface area contributed by atoms with Crippen molar-refractivity contribution in [3.63, 3.8) is 0 Å². The van der Waals surface area contributed by atoms with Gasteiger partial charge in [-0.2, -0.15) is 5.10 Å². The number of hydrogen-bond acceptors (Lipinski definition) is 5. The zero-order valence-electron chi connectivity index (χ0n) is 19.4. The molecule has 1 atom stereocenters. The van der Waals surface area contributed by atoms with E-state index in [1.165, 1.54) is 10.7 Å². The predicted molar refractivity (Wildman–Crippen MR) is 130 cm³/mol. The monoisotopic (exact) mass is 460 g/mol. The van der Waals surface area contributed by atoms with Gasteiger partial charge in [0.1, 0.15) is 5.75 Å². The summed E-state index contributed by atoms with van der Waals surface area (Å²) in [5.74, 6) is 0.0888. The fraction of sp³-hybridized carbons (Fsp3) is 0.308. The maximum Gasteiger partial charge on any atom is 0.266 e. The van der Waals surface area contributed by atoms with Crippen LogP contribution < -0.4 is 20.5 Å². The SMILES string of the molecule is CCOc1ccc(-c2ccc(=O)n(CCNC(=O)C3CC(=O)N(c4ccc(C)cc4)C3)n2)cc1. The van der Waals surface area contributed by atoms with Crippen LogP contribution in [0.5, 0.6) is 5.75 Å². The summed E-state index contributed by atoms with van der Waals surface area (Å²) in [5.41, 5.74) is 3.18. The van der Waals surface area contributed by atoms with Crippen molar-refractivity contribution >= 4 is 17.5 Å². The lowest BCUT2D eigenvalue weighted by atomic mass is 10.1. The van der Waals surface area contributed by atoms with E-state index in [4.69, 9.17) is 4.74 Å². The van der Waals surface area contributed by atoms with Crippen LogP contribution in [0.4, 0.5) is 5.69 Å². The van der Waals surface area contributed by atoms with E-state index in [1.54, 1.807) is 11.0 Å². The van der Waals surface area contributed by atoms with E-state index in [2.05, 4.69) is 10.4 Å². The number of rotatable bonds is 8. The third-order valence-corrected chi connectivity index (χ3v) is 5.79. The van der Waals surface area contributed by atoms with Crippen molar-refractivity contribution in [2.75, 3.05) is 24.6 Å². The number of nitrogens with zero attached hydrogens (tertiary/aromatic N) is 3. The molecule has 0 bridgehead atoms. The highest BCUT2D eigenvalue weighted by Crippen LogP contribution is 2.25. The van der Waals surface area contributed by atoms with E-state index >= 15 is 0 Å². The van der Waals surface area contributed by atoms with E-state index in [0.29, 0.717) is 18.8 Å². The average molecular weight is 461 g/mol. The topological polar surface area (TPSA) is 93.5 Å². The number of carbonyl (C=O) groups is 2. The molecule has 8 heteroatoms. The Balaban J connectivity index is 1.34. The molecule has 0 spiro atoms. The van der Waals surface area contributed by atoms with E-state index in [-0.39, 0.29) is 36.9 Å². The Morgan fingerprint density at radius 3 is 2.50 bits per heavy atom. The zero-order chi connectivity index (χ0) is 24.1. The molecule has 8 nitrogen and oxygen atoms in total. The molecular weight excluding hydrogens is 432 g/mol. The highest BCUT2D eigenvalue weighted by atomic mass is 16.5. The molecule has 4 rings (SSSR count). The van der Waals surface area contributed by atoms with Crippen molar-refractivity contribution in [1.82, 2.24) is 15.1 Å². The first-order valence-corrected chi connectivity index (χ1v) is 11.4. The summed E-state index contributed by atoms with van der Waals surface area (Å²) in [7, 11) is 0. The molecule has 34 heavy (non-hydrogen) atoms. The molecule has 1 N–H and O–H groups in total. The second-order valence-electron chi connectivity index (χ2n) is 8.27. The van der Waals surface area contributed by atoms with Crippen LogP contribution in [0, 0.1) is 12.8 Å². The third-order valence-electron chi connectivity index (χ3n) is 5.79. The van der Waals surface area contributed by atoms with Gasteiger partial charge >= 0.3 is 0 Å². The summed E-state index contributed by atoms with van der Waals surface area (Å²) in [5, 5.41) is 7.28. The Morgan fingerprint density at radius 2 is 1.79 bits per heavy atom. The predicted octanol–water partition coefficient (Wildman–Crippen LogP) is 2.79. The van der Waals surface area contributed by atoms with Crippen LogP contribution in [0.3, 0.4) is 0 Å². The molecule has 1 aromatic heterocycles. The Kier molecular flexibility index (Phi) is 7.06. The van der Waals surface area contributed by atoms with Crippen molar-refractivity contribution in [2.45, 2.75) is 26.8 Å². The molecule has 2 aromatic carbocycles. The number of amides is 2. The smallest absolute Gasteiger partial charge is 0.266 e. The molecule has 1 aliphatic heterocycles. The molecule has 1 aliphatic rings. The van der Waals surface area contributed by atoms with E-state index in [9.17, 15) is 14.4 Å². The zero-order valence-corrected chi connectivity index (χ0v) is 19.4. The van der Waals surface area contributed by atoms with E-state index < -0.39 is 5.92 Å². The lowest BCUT2D eigenvalue weighted by molar-refractivity contribution is -0.126. The minimum atomic E-state index is -0.423. The fourth-order valence-corrected chi connectivity index (χ4v) is 3.94. The van der Waals surface area contributed by atoms with Crippen LogP contribution in [0.15, 0.2) is 65.5 Å². The summed E-state index contributed by atoms with van der Waals surface area (Å²) in [6.07, 6.45) is 0.172. The quantitative estimate of drug-likeness (QED) is 0.558. The second kappa shape index (κ2) is 10.3. The molecular formula is C26H28N4O4. The highest BCUT2D eigenvalue weighted by Gasteiger charge is 2.34. The molecule has 2 amide bonds. The largest absolute Gasteiger partial charge is 0.494 e. The number of carbonyl (C=O) groups excluding carboxylic acids is 2. The number of aromatic nitrogens is 2. The lowest BCUT2D eigenvalue weighted by Crippen LogP contribution is -2.36. The summed E-state index contributed by atoms with van der Waals surface area (Å²) >= 11 is 0. The van der Waals surface area contributed by atoms with E-state index in [0.717, 1.165) is 22.6 Å². The Morgan fingerprint density at radius 1 is 1.06 bits per heavy atom. The maximum absolute atomic E-state index is 12.7. The number of benzene rings is 2. The van der Waals surface area contributed by atoms with Gasteiger partial charge in [0.25, 0.3) is 5.56 Å². The second-order valence-corrected chi connectivity index (χ2v) is 8.27. The first kappa shape index (κ1) is 23.2. The maximum atomic E-state index is 12.7. The van der Waals surface area contributed by atoms with Crippen molar-refractivity contribution in [3.05, 3.63) is 76.6 Å². The van der Waals surface area contributed by atoms with Gasteiger partial charge in [-0.15, -0.1) is 0 Å². The van der Waals surface area contributed by atoms with Crippen LogP contribution in [0.25, 0.3) is 11.3 Å². The number of ether oxygens (including phenoxy) is 1. The standard InChI is InChI=1S/C26H28N4O4/c1-3-34-22-10-6-19(7-11-22)23-12-13-24(31)30(28-23)15-14-27-26(33)20-16-25(32)29(17-20)21-8-4-18(2)5-9-21/h4-13,20H,3,14-17H2,1-2H3,(H,27,33). The van der Waals surface area contributed by atoms with Gasteiger partial charge < -0.3 is 15.0 Å². The van der Waals surface area contributed by atoms with Crippen LogP contribution in [-0.4, -0.2) is 41.3 Å². The first-order chi connectivity index (χ1) is 16.4. The van der Waals surface area contributed by atoms with Crippen molar-refractivity contribution < 1.29 is 14.3 Å². The Bertz CT molecular complexity index is 1220. The highest BCUT2D eigenvalue weighted by molar-refractivity contribution is 6.00. The van der Waals surface area contributed by atoms with Crippen molar-refractivity contribution in [1.29, 1.82) is 0 Å². The van der Waals surface area contributed by atoms with Gasteiger partial charge in [-0.3, -0.25) is 14.4 Å². The third kappa shape index (κ3) is 5.33. The number of nitrogens with one attached hydrogen (secondary N) is 1. The summed E-state index contributed by atoms with van der Waals surface area (Å²) < 4.78 is 6.80. The Hall–Kier alpha value is -3.94. The van der Waals surface area contributed by atoms with Gasteiger partial charge in [-0.05, 0) is 56.3 Å². The number of aryl methyl sites for hydroxylation is 1. The van der Waals surface area contributed by atoms with Gasteiger partial charge in [0.2, 0.25) is 11.8 Å². The fourth-order valence-electron chi connectivity index (χ4n) is 3.94. The lowest BCUT2D eigenvalue weighted by Gasteiger charge is -2.17. The minimum absolute atomic E-state index is 0.0649. The van der Waals surface area contributed by atoms with Crippen LogP contribution in [-0.2, 0) is 16.1 Å². The Labute approximate surface area is 198 Å². The molecule has 176 valence electrons. The molecule has 0 saturated carbocycles. The van der Waals surface area contributed by atoms with Gasteiger partial charge in [0.05, 0.1) is 24.8 Å². The number of hydrogen-bond donors (Lipinski definition) is 1. The van der Waals surface area contributed by atoms with Gasteiger partial charge in [0.15, 0.2) is 0 Å². The normalized spacial score (nSPS) is 15.4. The summed E-state index contributed by atoms with van der Waals surface area (Å²) in [6, 6.07) is 18.3. The molecule has 3 aromatic rings. The van der Waals surface area contributed by atoms with Crippen LogP contribution in [0.1, 0.15) is 18.9 Å². The van der Waals surface area contributed by atoms with Crippen molar-refractivity contribution in [2.24, 2.45) is 5.92 Å². The van der Waals surface area contributed by atoms with Gasteiger partial charge in [-0.25, -0.2) is 4.68 Å². The molecule has 1 unspecified atom stereocenters. The average Bonchev–Trinajstić information content (AvgIpc) is 3.23. The molecule has 0 aliphatic carbocycles. The minimum Gasteiger partial charge on any atom is -0.494 e. The van der Waals surface area contributed by atoms with Crippen LogP contribution in [0.2, 0.25) is 0 Å². The van der Waals surface area contributed by atoms with Gasteiger partial charge in [-0.1, -0.05) is 17.7 Å². The van der Waals surface area contributed by atoms with Gasteiger partial charge in [0, 0.05) is 36.8 Å². The molecule has 1 fully saturated rings. The first-order valence-electron chi connectivity index (χ1n) is 11.4. The summed E-state index contributed by atoms with van der Waals surface area (Å²) in [4.78, 5) is 39.0. The molecule has 0 radical (unpaired) electrons. The summed E-state index contributed by atoms with van der Waals surface area (Å²) in [6.45, 7) is 5.33. The van der Waals surface area contributed by atoms with E-state index in [1.807, 2.05) is 62.4 Å². The molecule has 1 saturated heterocycles. The number of anilines is 1. The van der Waals surface area contributed by atoms with Crippen molar-refractivity contribution in [3.8, 4) is 17.0 Å².